The molecule has 2 rings (SSSR count). The van der Waals surface area contributed by atoms with E-state index in [2.05, 4.69) is 30.5 Å². The predicted octanol–water partition coefficient (Wildman–Crippen LogP) is 4.33. The molecular weight excluding hydrogens is 268 g/mol. The molecule has 1 amide bonds. The van der Waals surface area contributed by atoms with Gasteiger partial charge in [-0.2, -0.15) is 0 Å². The molecule has 0 saturated carbocycles. The van der Waals surface area contributed by atoms with E-state index in [1.165, 1.54) is 15.3 Å². The van der Waals surface area contributed by atoms with E-state index < -0.39 is 0 Å². The maximum absolute atomic E-state index is 11.4. The fourth-order valence-electron chi connectivity index (χ4n) is 2.01. The molecule has 0 aliphatic carbocycles. The average molecular weight is 288 g/mol. The largest absolute Gasteiger partial charge is 0.381 e. The molecular formula is C16H20N2OS. The van der Waals surface area contributed by atoms with E-state index in [-0.39, 0.29) is 5.91 Å². The summed E-state index contributed by atoms with van der Waals surface area (Å²) in [5.74, 6) is 0.0338. The first-order valence-electron chi connectivity index (χ1n) is 6.78. The van der Waals surface area contributed by atoms with E-state index in [4.69, 9.17) is 0 Å². The summed E-state index contributed by atoms with van der Waals surface area (Å²) in [6, 6.07) is 10.0. The highest BCUT2D eigenvalue weighted by molar-refractivity contribution is 7.12. The summed E-state index contributed by atoms with van der Waals surface area (Å²) >= 11 is 1.82. The smallest absolute Gasteiger partial charge is 0.224 e. The first-order chi connectivity index (χ1) is 9.58. The molecule has 20 heavy (non-hydrogen) atoms. The molecule has 1 aromatic carbocycles. The lowest BCUT2D eigenvalue weighted by molar-refractivity contribution is -0.115. The normalized spacial score (nSPS) is 10.3. The summed E-state index contributed by atoms with van der Waals surface area (Å²) in [7, 11) is 0. The van der Waals surface area contributed by atoms with Crippen LogP contribution in [0.4, 0.5) is 11.4 Å². The van der Waals surface area contributed by atoms with E-state index >= 15 is 0 Å². The van der Waals surface area contributed by atoms with E-state index in [9.17, 15) is 4.79 Å². The number of benzene rings is 1. The average Bonchev–Trinajstić information content (AvgIpc) is 2.75. The lowest BCUT2D eigenvalue weighted by atomic mass is 10.2. The number of hydrogen-bond acceptors (Lipinski definition) is 3. The van der Waals surface area contributed by atoms with Crippen LogP contribution in [0.25, 0.3) is 0 Å². The van der Waals surface area contributed by atoms with Gasteiger partial charge in [-0.25, -0.2) is 0 Å². The second-order valence-corrected chi connectivity index (χ2v) is 6.24. The number of hydrogen-bond donors (Lipinski definition) is 2. The minimum atomic E-state index is 0.0338. The SMILES string of the molecule is CCC(=O)Nc1cccc(NCc2cc(C)sc2C)c1. The highest BCUT2D eigenvalue weighted by Crippen LogP contribution is 2.22. The van der Waals surface area contributed by atoms with Gasteiger partial charge < -0.3 is 10.6 Å². The van der Waals surface area contributed by atoms with E-state index in [1.54, 1.807) is 0 Å². The Hall–Kier alpha value is -1.81. The third-order valence-electron chi connectivity index (χ3n) is 3.09. The summed E-state index contributed by atoms with van der Waals surface area (Å²) in [5.41, 5.74) is 3.18. The summed E-state index contributed by atoms with van der Waals surface area (Å²) in [5, 5.41) is 6.27. The van der Waals surface area contributed by atoms with Crippen molar-refractivity contribution in [1.29, 1.82) is 0 Å². The van der Waals surface area contributed by atoms with Gasteiger partial charge in [-0.3, -0.25) is 4.79 Å². The van der Waals surface area contributed by atoms with Crippen molar-refractivity contribution in [3.8, 4) is 0 Å². The van der Waals surface area contributed by atoms with Crippen molar-refractivity contribution in [2.75, 3.05) is 10.6 Å². The molecule has 2 N–H and O–H groups in total. The first-order valence-corrected chi connectivity index (χ1v) is 7.60. The monoisotopic (exact) mass is 288 g/mol. The van der Waals surface area contributed by atoms with Crippen LogP contribution >= 0.6 is 11.3 Å². The van der Waals surface area contributed by atoms with Gasteiger partial charge in [0.05, 0.1) is 0 Å². The summed E-state index contributed by atoms with van der Waals surface area (Å²) < 4.78 is 0. The van der Waals surface area contributed by atoms with E-state index in [1.807, 2.05) is 42.5 Å². The topological polar surface area (TPSA) is 41.1 Å². The molecule has 4 heteroatoms. The quantitative estimate of drug-likeness (QED) is 0.860. The van der Waals surface area contributed by atoms with Gasteiger partial charge in [0.25, 0.3) is 0 Å². The zero-order valence-electron chi connectivity index (χ0n) is 12.1. The summed E-state index contributed by atoms with van der Waals surface area (Å²) in [6.07, 6.45) is 0.491. The van der Waals surface area contributed by atoms with Crippen LogP contribution < -0.4 is 10.6 Å². The van der Waals surface area contributed by atoms with Crippen LogP contribution in [0.1, 0.15) is 28.7 Å². The van der Waals surface area contributed by atoms with Gasteiger partial charge in [-0.1, -0.05) is 13.0 Å². The summed E-state index contributed by atoms with van der Waals surface area (Å²) in [6.45, 7) is 6.93. The number of carbonyl (C=O) groups excluding carboxylic acids is 1. The second-order valence-electron chi connectivity index (χ2n) is 4.77. The van der Waals surface area contributed by atoms with Crippen LogP contribution in [0, 0.1) is 13.8 Å². The van der Waals surface area contributed by atoms with Crippen LogP contribution in [-0.2, 0) is 11.3 Å². The molecule has 0 aliphatic heterocycles. The summed E-state index contributed by atoms with van der Waals surface area (Å²) in [4.78, 5) is 14.1. The zero-order valence-corrected chi connectivity index (χ0v) is 12.9. The van der Waals surface area contributed by atoms with Crippen molar-refractivity contribution in [2.24, 2.45) is 0 Å². The van der Waals surface area contributed by atoms with Crippen molar-refractivity contribution < 1.29 is 4.79 Å². The Morgan fingerprint density at radius 2 is 1.95 bits per heavy atom. The zero-order chi connectivity index (χ0) is 14.5. The predicted molar refractivity (Wildman–Crippen MR) is 86.5 cm³/mol. The Kier molecular flexibility index (Phi) is 4.79. The van der Waals surface area contributed by atoms with Crippen LogP contribution in [0.3, 0.4) is 0 Å². The lowest BCUT2D eigenvalue weighted by Gasteiger charge is -2.09. The third kappa shape index (κ3) is 3.84. The van der Waals surface area contributed by atoms with Crippen molar-refractivity contribution >= 4 is 28.6 Å². The van der Waals surface area contributed by atoms with Gasteiger partial charge in [0.1, 0.15) is 0 Å². The standard InChI is InChI=1S/C16H20N2OS/c1-4-16(19)18-15-7-5-6-14(9-15)17-10-13-8-11(2)20-12(13)3/h5-9,17H,4,10H2,1-3H3,(H,18,19). The molecule has 0 saturated heterocycles. The van der Waals surface area contributed by atoms with E-state index in [0.717, 1.165) is 17.9 Å². The van der Waals surface area contributed by atoms with Crippen molar-refractivity contribution in [2.45, 2.75) is 33.7 Å². The Bertz CT molecular complexity index is 604. The molecule has 0 unspecified atom stereocenters. The van der Waals surface area contributed by atoms with Crippen molar-refractivity contribution in [1.82, 2.24) is 0 Å². The van der Waals surface area contributed by atoms with Crippen molar-refractivity contribution in [3.05, 3.63) is 45.6 Å². The molecule has 0 bridgehead atoms. The van der Waals surface area contributed by atoms with Crippen LogP contribution in [0.5, 0.6) is 0 Å². The number of amides is 1. The third-order valence-corrected chi connectivity index (χ3v) is 4.10. The molecule has 0 fully saturated rings. The van der Waals surface area contributed by atoms with Gasteiger partial charge in [-0.15, -0.1) is 11.3 Å². The maximum atomic E-state index is 11.4. The van der Waals surface area contributed by atoms with Gasteiger partial charge in [0.2, 0.25) is 5.91 Å². The Morgan fingerprint density at radius 1 is 1.20 bits per heavy atom. The number of aryl methyl sites for hydroxylation is 2. The molecule has 0 spiro atoms. The molecule has 0 aliphatic rings. The van der Waals surface area contributed by atoms with Crippen LogP contribution in [-0.4, -0.2) is 5.91 Å². The molecule has 2 aromatic rings. The number of rotatable bonds is 5. The minimum Gasteiger partial charge on any atom is -0.381 e. The van der Waals surface area contributed by atoms with Crippen LogP contribution in [0.15, 0.2) is 30.3 Å². The Balaban J connectivity index is 2.01. The molecule has 1 heterocycles. The highest BCUT2D eigenvalue weighted by Gasteiger charge is 2.03. The van der Waals surface area contributed by atoms with Gasteiger partial charge >= 0.3 is 0 Å². The molecule has 1 aromatic heterocycles. The van der Waals surface area contributed by atoms with Gasteiger partial charge in [0, 0.05) is 34.1 Å². The van der Waals surface area contributed by atoms with E-state index in [0.29, 0.717) is 6.42 Å². The second kappa shape index (κ2) is 6.57. The number of thiophene rings is 1. The minimum absolute atomic E-state index is 0.0338. The maximum Gasteiger partial charge on any atom is 0.224 e. The molecule has 0 atom stereocenters. The highest BCUT2D eigenvalue weighted by atomic mass is 32.1. The number of carbonyl (C=O) groups is 1. The number of anilines is 2. The lowest BCUT2D eigenvalue weighted by Crippen LogP contribution is -2.09. The van der Waals surface area contributed by atoms with Crippen molar-refractivity contribution in [3.63, 3.8) is 0 Å². The number of nitrogens with one attached hydrogen (secondary N) is 2. The Labute approximate surface area is 124 Å². The molecule has 0 radical (unpaired) electrons. The van der Waals surface area contributed by atoms with Crippen LogP contribution in [0.2, 0.25) is 0 Å². The van der Waals surface area contributed by atoms with Gasteiger partial charge in [0.15, 0.2) is 0 Å². The molecule has 3 nitrogen and oxygen atoms in total. The first kappa shape index (κ1) is 14.6. The fraction of sp³-hybridized carbons (Fsp3) is 0.312. The molecule has 106 valence electrons. The van der Waals surface area contributed by atoms with Gasteiger partial charge in [-0.05, 0) is 43.7 Å². The Morgan fingerprint density at radius 3 is 2.60 bits per heavy atom. The fourth-order valence-corrected chi connectivity index (χ4v) is 2.96.